The average molecular weight is 294 g/mol. The number of rotatable bonds is 4. The Morgan fingerprint density at radius 2 is 2.14 bits per heavy atom. The van der Waals surface area contributed by atoms with Gasteiger partial charge in [-0.1, -0.05) is 0 Å². The summed E-state index contributed by atoms with van der Waals surface area (Å²) in [6, 6.07) is 0. The van der Waals surface area contributed by atoms with Crippen molar-refractivity contribution in [2.75, 3.05) is 25.6 Å². The smallest absolute Gasteiger partial charge is 0.325 e. The Balaban J connectivity index is 2.63. The van der Waals surface area contributed by atoms with Gasteiger partial charge in [0.2, 0.25) is 5.52 Å². The summed E-state index contributed by atoms with van der Waals surface area (Å²) in [6.45, 7) is -0.155. The molecule has 0 amide bonds. The molecule has 0 aliphatic rings. The molecule has 0 fully saturated rings. The van der Waals surface area contributed by atoms with Crippen LogP contribution in [0.15, 0.2) is 6.33 Å². The average Bonchev–Trinajstić information content (AvgIpc) is 2.70. The van der Waals surface area contributed by atoms with E-state index in [1.807, 2.05) is 0 Å². The van der Waals surface area contributed by atoms with Crippen molar-refractivity contribution in [2.24, 2.45) is 7.05 Å². The largest absolute Gasteiger partial charge is 0.710 e. The Labute approximate surface area is 118 Å². The Morgan fingerprint density at radius 1 is 1.48 bits per heavy atom. The third-order valence-corrected chi connectivity index (χ3v) is 2.95. The lowest BCUT2D eigenvalue weighted by atomic mass is 10.4. The van der Waals surface area contributed by atoms with Gasteiger partial charge < -0.3 is 24.7 Å². The molecule has 0 atom stereocenters. The number of likely N-dealkylation sites (N-methyl/N-ethyl adjacent to an activating group) is 1. The molecule has 10 heteroatoms. The molecule has 21 heavy (non-hydrogen) atoms. The minimum atomic E-state index is -1.63. The molecule has 2 heterocycles. The summed E-state index contributed by atoms with van der Waals surface area (Å²) in [4.78, 5) is 31.5. The molecular formula is C11H12N5O5-. The highest BCUT2D eigenvalue weighted by atomic mass is 16.5. The summed E-state index contributed by atoms with van der Waals surface area (Å²) in [7, 11) is 4.12. The first-order valence-electron chi connectivity index (χ1n) is 5.80. The van der Waals surface area contributed by atoms with Crippen molar-refractivity contribution < 1.29 is 24.2 Å². The zero-order valence-electron chi connectivity index (χ0n) is 11.6. The van der Waals surface area contributed by atoms with Gasteiger partial charge in [0.05, 0.1) is 14.2 Å². The summed E-state index contributed by atoms with van der Waals surface area (Å²) in [6.07, 6.45) is 1.17. The molecular weight excluding hydrogens is 282 g/mol. The lowest BCUT2D eigenvalue weighted by Crippen LogP contribution is -2.41. The topological polar surface area (TPSA) is 127 Å². The number of carboxylic acids is 1. The third-order valence-electron chi connectivity index (χ3n) is 2.95. The number of hydrogen-bond acceptors (Lipinski definition) is 8. The zero-order valence-corrected chi connectivity index (χ0v) is 11.6. The number of carboxylic acid groups (broad SMARTS) is 1. The number of imidazole rings is 1. The maximum atomic E-state index is 12.1. The van der Waals surface area contributed by atoms with Gasteiger partial charge in [-0.15, -0.1) is 0 Å². The first kappa shape index (κ1) is 14.5. The van der Waals surface area contributed by atoms with E-state index in [4.69, 9.17) is 0 Å². The second kappa shape index (κ2) is 5.23. The van der Waals surface area contributed by atoms with Gasteiger partial charge in [-0.2, -0.15) is 4.98 Å². The standard InChI is InChI=1S/C11H13N5O5/c1-14(4-6(17)21-3)8-7-9(13-5-12-8)15(2)10(11(18)19)16(7)20/h5H,4H2,1-3H3,(H,18,19)/p-1. The first-order valence-corrected chi connectivity index (χ1v) is 5.80. The summed E-state index contributed by atoms with van der Waals surface area (Å²) in [5.74, 6) is -2.65. The molecule has 0 aliphatic carbocycles. The van der Waals surface area contributed by atoms with Crippen LogP contribution < -0.4 is 14.7 Å². The Morgan fingerprint density at radius 3 is 2.71 bits per heavy atom. The van der Waals surface area contributed by atoms with Crippen molar-refractivity contribution in [1.29, 1.82) is 0 Å². The predicted molar refractivity (Wildman–Crippen MR) is 67.1 cm³/mol. The predicted octanol–water partition coefficient (Wildman–Crippen LogP) is -2.43. The number of carbonyl (C=O) groups is 2. The summed E-state index contributed by atoms with van der Waals surface area (Å²) >= 11 is 0. The molecule has 112 valence electrons. The highest BCUT2D eigenvalue weighted by Gasteiger charge is 2.26. The van der Waals surface area contributed by atoms with Crippen molar-refractivity contribution in [3.8, 4) is 0 Å². The van der Waals surface area contributed by atoms with E-state index in [0.29, 0.717) is 0 Å². The number of fused-ring (bicyclic) bond motifs is 1. The number of esters is 1. The van der Waals surface area contributed by atoms with E-state index >= 15 is 0 Å². The molecule has 2 aromatic heterocycles. The van der Waals surface area contributed by atoms with Crippen LogP contribution >= 0.6 is 0 Å². The van der Waals surface area contributed by atoms with Gasteiger partial charge >= 0.3 is 11.8 Å². The van der Waals surface area contributed by atoms with Crippen molar-refractivity contribution in [3.05, 3.63) is 17.4 Å². The summed E-state index contributed by atoms with van der Waals surface area (Å²) < 4.78 is 5.80. The number of nitrogens with zero attached hydrogens (tertiary/aromatic N) is 5. The minimum Gasteiger partial charge on any atom is -0.710 e. The summed E-state index contributed by atoms with van der Waals surface area (Å²) in [5.41, 5.74) is 0.0523. The molecule has 0 aliphatic heterocycles. The molecule has 0 unspecified atom stereocenters. The SMILES string of the molecule is COC(=O)CN(C)c1ncnc2c1[n+]([O-])c(C(=O)[O-])n2C. The number of ether oxygens (including phenoxy) is 1. The highest BCUT2D eigenvalue weighted by molar-refractivity contribution is 5.88. The van der Waals surface area contributed by atoms with Crippen LogP contribution in [0.4, 0.5) is 5.82 Å². The van der Waals surface area contributed by atoms with Gasteiger partial charge in [-0.25, -0.2) is 14.3 Å². The van der Waals surface area contributed by atoms with E-state index < -0.39 is 17.8 Å². The van der Waals surface area contributed by atoms with E-state index in [-0.39, 0.29) is 28.3 Å². The molecule has 0 saturated heterocycles. The van der Waals surface area contributed by atoms with Gasteiger partial charge in [-0.05, 0) is 0 Å². The third kappa shape index (κ3) is 2.30. The molecule has 0 bridgehead atoms. The van der Waals surface area contributed by atoms with Crippen LogP contribution in [0.1, 0.15) is 10.6 Å². The van der Waals surface area contributed by atoms with E-state index in [1.54, 1.807) is 0 Å². The Kier molecular flexibility index (Phi) is 3.61. The lowest BCUT2D eigenvalue weighted by Gasteiger charge is -2.16. The van der Waals surface area contributed by atoms with Crippen molar-refractivity contribution in [3.63, 3.8) is 0 Å². The number of anilines is 1. The van der Waals surface area contributed by atoms with Crippen LogP contribution in [0.2, 0.25) is 0 Å². The molecule has 2 rings (SSSR count). The number of methoxy groups -OCH3 is 1. The fourth-order valence-corrected chi connectivity index (χ4v) is 1.96. The Hall–Kier alpha value is -2.91. The molecule has 0 radical (unpaired) electrons. The number of aromatic carboxylic acids is 1. The van der Waals surface area contributed by atoms with Crippen LogP contribution in [0.3, 0.4) is 0 Å². The van der Waals surface area contributed by atoms with E-state index in [2.05, 4.69) is 14.7 Å². The molecule has 0 saturated carbocycles. The van der Waals surface area contributed by atoms with Crippen LogP contribution in [0.25, 0.3) is 11.2 Å². The number of aryl methyl sites for hydroxylation is 1. The van der Waals surface area contributed by atoms with Gasteiger partial charge in [0.1, 0.15) is 12.9 Å². The number of hydrogen-bond donors (Lipinski definition) is 0. The maximum absolute atomic E-state index is 12.1. The lowest BCUT2D eigenvalue weighted by molar-refractivity contribution is -0.584. The molecule has 0 spiro atoms. The normalized spacial score (nSPS) is 10.6. The van der Waals surface area contributed by atoms with Crippen LogP contribution in [0, 0.1) is 5.21 Å². The maximum Gasteiger partial charge on any atom is 0.325 e. The Bertz CT molecular complexity index is 725. The van der Waals surface area contributed by atoms with Crippen molar-refractivity contribution in [2.45, 2.75) is 0 Å². The quantitative estimate of drug-likeness (QED) is 0.346. The van der Waals surface area contributed by atoms with Crippen molar-refractivity contribution >= 4 is 28.9 Å². The second-order valence-corrected chi connectivity index (χ2v) is 4.27. The first-order chi connectivity index (χ1) is 9.88. The van der Waals surface area contributed by atoms with E-state index in [9.17, 15) is 19.9 Å². The number of aromatic nitrogens is 4. The van der Waals surface area contributed by atoms with Crippen LogP contribution in [0.5, 0.6) is 0 Å². The van der Waals surface area contributed by atoms with E-state index in [1.165, 1.54) is 32.4 Å². The van der Waals surface area contributed by atoms with Gasteiger partial charge in [0.25, 0.3) is 5.65 Å². The van der Waals surface area contributed by atoms with Crippen LogP contribution in [-0.2, 0) is 16.6 Å². The van der Waals surface area contributed by atoms with Gasteiger partial charge in [-0.3, -0.25) is 4.79 Å². The number of carbonyl (C=O) groups excluding carboxylic acids is 2. The van der Waals surface area contributed by atoms with Gasteiger partial charge in [0.15, 0.2) is 11.8 Å². The molecule has 0 aromatic carbocycles. The zero-order chi connectivity index (χ0) is 15.7. The van der Waals surface area contributed by atoms with E-state index in [0.717, 1.165) is 4.57 Å². The minimum absolute atomic E-state index is 0.0643. The molecule has 10 nitrogen and oxygen atoms in total. The molecule has 2 aromatic rings. The van der Waals surface area contributed by atoms with Crippen molar-refractivity contribution in [1.82, 2.24) is 14.5 Å². The fraction of sp³-hybridized carbons (Fsp3) is 0.364. The highest BCUT2D eigenvalue weighted by Crippen LogP contribution is 2.20. The monoisotopic (exact) mass is 294 g/mol. The molecule has 0 N–H and O–H groups in total. The van der Waals surface area contributed by atoms with Crippen LogP contribution in [-0.4, -0.2) is 47.2 Å². The second-order valence-electron chi connectivity index (χ2n) is 4.27. The summed E-state index contributed by atoms with van der Waals surface area (Å²) in [5, 5.41) is 23.2. The van der Waals surface area contributed by atoms with Gasteiger partial charge in [0, 0.05) is 7.05 Å². The fourth-order valence-electron chi connectivity index (χ4n) is 1.96.